The van der Waals surface area contributed by atoms with E-state index in [9.17, 15) is 9.59 Å². The number of para-hydroxylation sites is 1. The Bertz CT molecular complexity index is 477. The van der Waals surface area contributed by atoms with Gasteiger partial charge in [0.05, 0.1) is 5.69 Å². The molecule has 0 atom stereocenters. The summed E-state index contributed by atoms with van der Waals surface area (Å²) >= 11 is 0. The Kier molecular flexibility index (Phi) is 2.46. The van der Waals surface area contributed by atoms with Crippen LogP contribution in [-0.4, -0.2) is 18.2 Å². The molecule has 3 rings (SSSR count). The van der Waals surface area contributed by atoms with Gasteiger partial charge in [0.25, 0.3) is 0 Å². The van der Waals surface area contributed by atoms with Crippen molar-refractivity contribution in [3.63, 3.8) is 0 Å². The van der Waals surface area contributed by atoms with Crippen molar-refractivity contribution >= 4 is 17.4 Å². The van der Waals surface area contributed by atoms with Crippen LogP contribution in [0, 0.1) is 5.92 Å². The van der Waals surface area contributed by atoms with E-state index < -0.39 is 0 Å². The largest absolute Gasteiger partial charge is 0.311 e. The molecule has 1 saturated carbocycles. The molecule has 0 radical (unpaired) electrons. The number of carbonyl (C=O) groups is 2. The zero-order valence-corrected chi connectivity index (χ0v) is 9.69. The molecular weight excluding hydrogens is 214 g/mol. The lowest BCUT2D eigenvalue weighted by atomic mass is 10.1. The highest BCUT2D eigenvalue weighted by molar-refractivity contribution is 6.07. The van der Waals surface area contributed by atoms with E-state index in [0.29, 0.717) is 18.5 Å². The quantitative estimate of drug-likeness (QED) is 0.741. The molecule has 17 heavy (non-hydrogen) atoms. The number of fused-ring (bicyclic) bond motifs is 1. The first-order chi connectivity index (χ1) is 8.27. The standard InChI is InChI=1S/C14H15NO2/c16-13-6-3-9-15(14(17)10-7-8-10)12-5-2-1-4-11(12)13/h1-2,4-5,10H,3,6-9H2. The molecule has 3 nitrogen and oxygen atoms in total. The number of anilines is 1. The molecular formula is C14H15NO2. The van der Waals surface area contributed by atoms with Crippen LogP contribution in [0.1, 0.15) is 36.0 Å². The summed E-state index contributed by atoms with van der Waals surface area (Å²) in [6.45, 7) is 0.679. The highest BCUT2D eigenvalue weighted by atomic mass is 16.2. The Morgan fingerprint density at radius 1 is 1.24 bits per heavy atom. The summed E-state index contributed by atoms with van der Waals surface area (Å²) in [6.07, 6.45) is 3.33. The first-order valence-corrected chi connectivity index (χ1v) is 6.21. The maximum Gasteiger partial charge on any atom is 0.230 e. The van der Waals surface area contributed by atoms with E-state index in [4.69, 9.17) is 0 Å². The van der Waals surface area contributed by atoms with Gasteiger partial charge in [0, 0.05) is 24.4 Å². The van der Waals surface area contributed by atoms with Gasteiger partial charge in [-0.2, -0.15) is 0 Å². The average molecular weight is 229 g/mol. The third kappa shape index (κ3) is 1.86. The number of Topliss-reactive ketones (excluding diaryl/α,β-unsaturated/α-hetero) is 1. The van der Waals surface area contributed by atoms with Crippen LogP contribution in [0.3, 0.4) is 0 Å². The van der Waals surface area contributed by atoms with E-state index in [1.54, 1.807) is 0 Å². The third-order valence-corrected chi connectivity index (χ3v) is 3.47. The van der Waals surface area contributed by atoms with Crippen molar-refractivity contribution in [2.45, 2.75) is 25.7 Å². The molecule has 0 spiro atoms. The first kappa shape index (κ1) is 10.5. The second-order valence-corrected chi connectivity index (χ2v) is 4.81. The van der Waals surface area contributed by atoms with Crippen LogP contribution in [0.15, 0.2) is 24.3 Å². The summed E-state index contributed by atoms with van der Waals surface area (Å²) in [5, 5.41) is 0. The number of ketones is 1. The molecule has 2 aliphatic rings. The summed E-state index contributed by atoms with van der Waals surface area (Å²) in [7, 11) is 0. The number of amides is 1. The van der Waals surface area contributed by atoms with Crippen molar-refractivity contribution in [3.05, 3.63) is 29.8 Å². The van der Waals surface area contributed by atoms with Crippen LogP contribution in [0.5, 0.6) is 0 Å². The molecule has 0 saturated heterocycles. The van der Waals surface area contributed by atoms with Crippen molar-refractivity contribution in [1.82, 2.24) is 0 Å². The number of benzene rings is 1. The molecule has 1 aromatic rings. The van der Waals surface area contributed by atoms with Gasteiger partial charge in [0.15, 0.2) is 5.78 Å². The molecule has 0 unspecified atom stereocenters. The van der Waals surface area contributed by atoms with Crippen molar-refractivity contribution in [3.8, 4) is 0 Å². The Balaban J connectivity index is 2.01. The normalized spacial score (nSPS) is 19.8. The van der Waals surface area contributed by atoms with Crippen molar-refractivity contribution in [2.24, 2.45) is 5.92 Å². The molecule has 1 fully saturated rings. The molecule has 3 heteroatoms. The van der Waals surface area contributed by atoms with Gasteiger partial charge in [0.2, 0.25) is 5.91 Å². The summed E-state index contributed by atoms with van der Waals surface area (Å²) in [5.74, 6) is 0.565. The maximum absolute atomic E-state index is 12.2. The van der Waals surface area contributed by atoms with E-state index in [2.05, 4.69) is 0 Å². The van der Waals surface area contributed by atoms with E-state index >= 15 is 0 Å². The topological polar surface area (TPSA) is 37.4 Å². The second kappa shape index (κ2) is 3.99. The van der Waals surface area contributed by atoms with Gasteiger partial charge in [-0.15, -0.1) is 0 Å². The lowest BCUT2D eigenvalue weighted by molar-refractivity contribution is -0.119. The number of rotatable bonds is 1. The summed E-state index contributed by atoms with van der Waals surface area (Å²) < 4.78 is 0. The van der Waals surface area contributed by atoms with Gasteiger partial charge in [0.1, 0.15) is 0 Å². The number of hydrogen-bond acceptors (Lipinski definition) is 2. The monoisotopic (exact) mass is 229 g/mol. The van der Waals surface area contributed by atoms with Gasteiger partial charge in [-0.1, -0.05) is 12.1 Å². The zero-order chi connectivity index (χ0) is 11.8. The van der Waals surface area contributed by atoms with E-state index in [1.165, 1.54) is 0 Å². The minimum Gasteiger partial charge on any atom is -0.311 e. The van der Waals surface area contributed by atoms with E-state index in [1.807, 2.05) is 29.2 Å². The zero-order valence-electron chi connectivity index (χ0n) is 9.69. The number of hydrogen-bond donors (Lipinski definition) is 0. The predicted molar refractivity (Wildman–Crippen MR) is 65.1 cm³/mol. The maximum atomic E-state index is 12.2. The van der Waals surface area contributed by atoms with Crippen LogP contribution >= 0.6 is 0 Å². The van der Waals surface area contributed by atoms with Gasteiger partial charge in [-0.25, -0.2) is 0 Å². The van der Waals surface area contributed by atoms with Crippen LogP contribution in [0.25, 0.3) is 0 Å². The molecule has 88 valence electrons. The minimum atomic E-state index is 0.159. The fraction of sp³-hybridized carbons (Fsp3) is 0.429. The Hall–Kier alpha value is -1.64. The highest BCUT2D eigenvalue weighted by Gasteiger charge is 2.35. The van der Waals surface area contributed by atoms with Crippen molar-refractivity contribution in [2.75, 3.05) is 11.4 Å². The Morgan fingerprint density at radius 2 is 2.00 bits per heavy atom. The summed E-state index contributed by atoms with van der Waals surface area (Å²) in [5.41, 5.74) is 1.52. The van der Waals surface area contributed by atoms with Crippen LogP contribution in [0.4, 0.5) is 5.69 Å². The van der Waals surface area contributed by atoms with Gasteiger partial charge in [-0.05, 0) is 31.4 Å². The highest BCUT2D eigenvalue weighted by Crippen LogP contribution is 2.35. The lowest BCUT2D eigenvalue weighted by Gasteiger charge is -2.22. The van der Waals surface area contributed by atoms with Gasteiger partial charge >= 0.3 is 0 Å². The Morgan fingerprint density at radius 3 is 2.76 bits per heavy atom. The lowest BCUT2D eigenvalue weighted by Crippen LogP contribution is -2.32. The first-order valence-electron chi connectivity index (χ1n) is 6.21. The molecule has 1 aromatic carbocycles. The van der Waals surface area contributed by atoms with Gasteiger partial charge in [-0.3, -0.25) is 9.59 Å². The molecule has 0 aromatic heterocycles. The third-order valence-electron chi connectivity index (χ3n) is 3.47. The fourth-order valence-corrected chi connectivity index (χ4v) is 2.38. The molecule has 1 aliphatic carbocycles. The summed E-state index contributed by atoms with van der Waals surface area (Å²) in [6, 6.07) is 7.47. The molecule has 1 heterocycles. The number of nitrogens with zero attached hydrogens (tertiary/aromatic N) is 1. The minimum absolute atomic E-state index is 0.159. The van der Waals surface area contributed by atoms with E-state index in [0.717, 1.165) is 24.9 Å². The molecule has 1 aliphatic heterocycles. The molecule has 0 bridgehead atoms. The van der Waals surface area contributed by atoms with Gasteiger partial charge < -0.3 is 4.90 Å². The van der Waals surface area contributed by atoms with Crippen LogP contribution in [-0.2, 0) is 4.79 Å². The Labute approximate surface area is 100 Å². The SMILES string of the molecule is O=C1CCCN(C(=O)C2CC2)c2ccccc21. The van der Waals surface area contributed by atoms with Crippen LogP contribution < -0.4 is 4.90 Å². The second-order valence-electron chi connectivity index (χ2n) is 4.81. The average Bonchev–Trinajstić information content (AvgIpc) is 3.17. The van der Waals surface area contributed by atoms with Crippen molar-refractivity contribution in [1.29, 1.82) is 0 Å². The molecule has 0 N–H and O–H groups in total. The predicted octanol–water partition coefficient (Wildman–Crippen LogP) is 2.41. The van der Waals surface area contributed by atoms with Crippen LogP contribution in [0.2, 0.25) is 0 Å². The number of carbonyl (C=O) groups excluding carboxylic acids is 2. The summed E-state index contributed by atoms with van der Waals surface area (Å²) in [4.78, 5) is 25.9. The molecule has 1 amide bonds. The van der Waals surface area contributed by atoms with E-state index in [-0.39, 0.29) is 17.6 Å². The van der Waals surface area contributed by atoms with Crippen molar-refractivity contribution < 1.29 is 9.59 Å². The fourth-order valence-electron chi connectivity index (χ4n) is 2.38. The smallest absolute Gasteiger partial charge is 0.230 e.